The highest BCUT2D eigenvalue weighted by molar-refractivity contribution is 5.77. The lowest BCUT2D eigenvalue weighted by molar-refractivity contribution is -0.122. The van der Waals surface area contributed by atoms with E-state index in [2.05, 4.69) is 17.2 Å². The number of aliphatic hydroxyl groups excluding tert-OH is 1. The summed E-state index contributed by atoms with van der Waals surface area (Å²) < 4.78 is 0. The Morgan fingerprint density at radius 1 is 1.50 bits per heavy atom. The maximum absolute atomic E-state index is 11.8. The summed E-state index contributed by atoms with van der Waals surface area (Å²) in [6, 6.07) is 7.88. The van der Waals surface area contributed by atoms with Crippen molar-refractivity contribution in [3.63, 3.8) is 0 Å². The van der Waals surface area contributed by atoms with E-state index in [1.54, 1.807) is 0 Å². The summed E-state index contributed by atoms with van der Waals surface area (Å²) in [7, 11) is 0. The predicted octanol–water partition coefficient (Wildman–Crippen LogP) is 2.40. The van der Waals surface area contributed by atoms with Gasteiger partial charge in [-0.2, -0.15) is 0 Å². The molecule has 0 aliphatic heterocycles. The average molecular weight is 271 g/mol. The van der Waals surface area contributed by atoms with Crippen LogP contribution in [0.5, 0.6) is 0 Å². The summed E-state index contributed by atoms with van der Waals surface area (Å²) in [5, 5.41) is 11.7. The molecule has 3 nitrogen and oxygen atoms in total. The molecule has 1 fully saturated rings. The van der Waals surface area contributed by atoms with Crippen LogP contribution in [0.4, 0.5) is 0 Å². The highest BCUT2D eigenvalue weighted by Gasteiger charge is 2.24. The lowest BCUT2D eigenvalue weighted by Crippen LogP contribution is -2.26. The van der Waals surface area contributed by atoms with Crippen molar-refractivity contribution in [3.8, 4) is 11.8 Å². The van der Waals surface area contributed by atoms with Crippen LogP contribution in [0.25, 0.3) is 0 Å². The fourth-order valence-electron chi connectivity index (χ4n) is 2.07. The van der Waals surface area contributed by atoms with Crippen molar-refractivity contribution in [1.82, 2.24) is 5.32 Å². The van der Waals surface area contributed by atoms with E-state index in [0.29, 0.717) is 18.8 Å². The van der Waals surface area contributed by atoms with Gasteiger partial charge in [0, 0.05) is 18.4 Å². The van der Waals surface area contributed by atoms with Crippen molar-refractivity contribution >= 4 is 5.91 Å². The molecule has 1 saturated carbocycles. The maximum atomic E-state index is 11.8. The monoisotopic (exact) mass is 271 g/mol. The Labute approximate surface area is 120 Å². The van der Waals surface area contributed by atoms with E-state index in [0.717, 1.165) is 11.1 Å². The summed E-state index contributed by atoms with van der Waals surface area (Å²) in [5.74, 6) is 6.66. The molecule has 1 atom stereocenters. The van der Waals surface area contributed by atoms with E-state index in [1.807, 2.05) is 31.2 Å². The van der Waals surface area contributed by atoms with Crippen LogP contribution in [0.3, 0.4) is 0 Å². The van der Waals surface area contributed by atoms with E-state index in [1.165, 1.54) is 12.8 Å². The van der Waals surface area contributed by atoms with E-state index < -0.39 is 0 Å². The molecule has 2 rings (SSSR count). The molecule has 1 aromatic rings. The van der Waals surface area contributed by atoms with Gasteiger partial charge >= 0.3 is 0 Å². The number of aliphatic hydroxyl groups is 1. The number of rotatable bonds is 5. The molecule has 1 aliphatic rings. The van der Waals surface area contributed by atoms with E-state index in [4.69, 9.17) is 5.11 Å². The van der Waals surface area contributed by atoms with E-state index in [-0.39, 0.29) is 18.6 Å². The van der Waals surface area contributed by atoms with Crippen LogP contribution in [0.2, 0.25) is 0 Å². The molecule has 20 heavy (non-hydrogen) atoms. The van der Waals surface area contributed by atoms with Gasteiger partial charge in [-0.25, -0.2) is 0 Å². The summed E-state index contributed by atoms with van der Waals surface area (Å²) in [4.78, 5) is 11.8. The average Bonchev–Trinajstić information content (AvgIpc) is 3.23. The quantitative estimate of drug-likeness (QED) is 0.808. The zero-order valence-electron chi connectivity index (χ0n) is 11.9. The first-order chi connectivity index (χ1) is 9.69. The van der Waals surface area contributed by atoms with Crippen LogP contribution in [-0.4, -0.2) is 17.6 Å². The molecule has 0 heterocycles. The SMILES string of the molecule is CC(NC(=O)CC1CC1)c1cccc(C#CCCO)c1. The summed E-state index contributed by atoms with van der Waals surface area (Å²) >= 11 is 0. The fourth-order valence-corrected chi connectivity index (χ4v) is 2.07. The van der Waals surface area contributed by atoms with Crippen LogP contribution in [-0.2, 0) is 4.79 Å². The normalized spacial score (nSPS) is 15.1. The Kier molecular flexibility index (Phi) is 5.20. The minimum absolute atomic E-state index is 0.000779. The second kappa shape index (κ2) is 7.12. The third kappa shape index (κ3) is 4.71. The van der Waals surface area contributed by atoms with Crippen molar-refractivity contribution in [2.75, 3.05) is 6.61 Å². The number of hydrogen-bond donors (Lipinski definition) is 2. The number of carbonyl (C=O) groups excluding carboxylic acids is 1. The molecule has 2 N–H and O–H groups in total. The minimum Gasteiger partial charge on any atom is -0.395 e. The first-order valence-corrected chi connectivity index (χ1v) is 7.18. The summed E-state index contributed by atoms with van der Waals surface area (Å²) in [5.41, 5.74) is 1.98. The van der Waals surface area contributed by atoms with Crippen LogP contribution >= 0.6 is 0 Å². The van der Waals surface area contributed by atoms with Crippen molar-refractivity contribution in [2.24, 2.45) is 5.92 Å². The van der Waals surface area contributed by atoms with E-state index in [9.17, 15) is 4.79 Å². The topological polar surface area (TPSA) is 49.3 Å². The van der Waals surface area contributed by atoms with Gasteiger partial charge < -0.3 is 10.4 Å². The molecule has 0 saturated heterocycles. The van der Waals surface area contributed by atoms with Gasteiger partial charge in [-0.1, -0.05) is 24.0 Å². The molecule has 0 aromatic heterocycles. The summed E-state index contributed by atoms with van der Waals surface area (Å²) in [6.45, 7) is 2.07. The van der Waals surface area contributed by atoms with Gasteiger partial charge in [0.1, 0.15) is 0 Å². The van der Waals surface area contributed by atoms with Gasteiger partial charge in [-0.05, 0) is 43.4 Å². The summed E-state index contributed by atoms with van der Waals surface area (Å²) in [6.07, 6.45) is 3.52. The van der Waals surface area contributed by atoms with Crippen molar-refractivity contribution in [3.05, 3.63) is 35.4 Å². The molecular formula is C17H21NO2. The second-order valence-electron chi connectivity index (χ2n) is 5.34. The predicted molar refractivity (Wildman–Crippen MR) is 78.9 cm³/mol. The number of carbonyl (C=O) groups is 1. The number of hydrogen-bond acceptors (Lipinski definition) is 2. The molecule has 0 radical (unpaired) electrons. The Bertz CT molecular complexity index is 523. The largest absolute Gasteiger partial charge is 0.395 e. The van der Waals surface area contributed by atoms with Crippen molar-refractivity contribution in [1.29, 1.82) is 0 Å². The van der Waals surface area contributed by atoms with Crippen LogP contribution in [0.1, 0.15) is 49.8 Å². The Morgan fingerprint density at radius 3 is 3.00 bits per heavy atom. The lowest BCUT2D eigenvalue weighted by Gasteiger charge is -2.14. The smallest absolute Gasteiger partial charge is 0.220 e. The maximum Gasteiger partial charge on any atom is 0.220 e. The Hall–Kier alpha value is -1.79. The highest BCUT2D eigenvalue weighted by atomic mass is 16.2. The number of benzene rings is 1. The molecule has 1 aliphatic carbocycles. The van der Waals surface area contributed by atoms with Gasteiger partial charge in [0.2, 0.25) is 5.91 Å². The van der Waals surface area contributed by atoms with Crippen molar-refractivity contribution < 1.29 is 9.90 Å². The third-order valence-corrected chi connectivity index (χ3v) is 3.40. The highest BCUT2D eigenvalue weighted by Crippen LogP contribution is 2.32. The molecule has 1 unspecified atom stereocenters. The fraction of sp³-hybridized carbons (Fsp3) is 0.471. The molecule has 1 amide bonds. The Balaban J connectivity index is 1.94. The van der Waals surface area contributed by atoms with Gasteiger partial charge in [-0.3, -0.25) is 4.79 Å². The second-order valence-corrected chi connectivity index (χ2v) is 5.34. The van der Waals surface area contributed by atoms with Crippen LogP contribution in [0, 0.1) is 17.8 Å². The van der Waals surface area contributed by atoms with Gasteiger partial charge in [0.15, 0.2) is 0 Å². The first kappa shape index (κ1) is 14.6. The van der Waals surface area contributed by atoms with Crippen LogP contribution in [0.15, 0.2) is 24.3 Å². The number of nitrogens with one attached hydrogen (secondary N) is 1. The van der Waals surface area contributed by atoms with Gasteiger partial charge in [-0.15, -0.1) is 0 Å². The number of amides is 1. The molecule has 106 valence electrons. The molecule has 3 heteroatoms. The third-order valence-electron chi connectivity index (χ3n) is 3.40. The van der Waals surface area contributed by atoms with Gasteiger partial charge in [0.05, 0.1) is 12.6 Å². The molecule has 0 bridgehead atoms. The zero-order chi connectivity index (χ0) is 14.4. The van der Waals surface area contributed by atoms with E-state index >= 15 is 0 Å². The molecular weight excluding hydrogens is 250 g/mol. The lowest BCUT2D eigenvalue weighted by atomic mass is 10.0. The van der Waals surface area contributed by atoms with Gasteiger partial charge in [0.25, 0.3) is 0 Å². The van der Waals surface area contributed by atoms with Crippen LogP contribution < -0.4 is 5.32 Å². The van der Waals surface area contributed by atoms with Crippen molar-refractivity contribution in [2.45, 2.75) is 38.6 Å². The minimum atomic E-state index is 0.000779. The Morgan fingerprint density at radius 2 is 2.30 bits per heavy atom. The standard InChI is InChI=1S/C17H21NO2/c1-13(18-17(20)12-15-8-9-15)16-7-4-6-14(11-16)5-2-3-10-19/h4,6-7,11,13,15,19H,3,8-10,12H2,1H3,(H,18,20). The molecule has 1 aromatic carbocycles. The molecule has 0 spiro atoms. The zero-order valence-corrected chi connectivity index (χ0v) is 11.9. The first-order valence-electron chi connectivity index (χ1n) is 7.18.